The van der Waals surface area contributed by atoms with E-state index in [-0.39, 0.29) is 6.10 Å². The first kappa shape index (κ1) is 15.4. The number of carbonyl (C=O) groups is 1. The molecule has 1 aromatic rings. The first-order chi connectivity index (χ1) is 8.69. The molecule has 0 aliphatic carbocycles. The molecule has 1 heterocycles. The van der Waals surface area contributed by atoms with Crippen LogP contribution in [-0.2, 0) is 4.74 Å². The molecule has 0 aliphatic heterocycles. The number of ether oxygens (including phenoxy) is 1. The maximum Gasteiger partial charge on any atom is 0.338 e. The molecule has 0 saturated heterocycles. The van der Waals surface area contributed by atoms with Gasteiger partial charge in [-0.2, -0.15) is 0 Å². The summed E-state index contributed by atoms with van der Waals surface area (Å²) in [6, 6.07) is 3.30. The number of aliphatic hydroxyl groups is 1. The van der Waals surface area contributed by atoms with Gasteiger partial charge in [0.15, 0.2) is 0 Å². The third kappa shape index (κ3) is 5.26. The number of hydrogen-bond acceptors (Lipinski definition) is 5. The van der Waals surface area contributed by atoms with Crippen LogP contribution in [-0.4, -0.2) is 41.9 Å². The molecule has 0 spiro atoms. The zero-order chi connectivity index (χ0) is 14.6. The van der Waals surface area contributed by atoms with Gasteiger partial charge in [0, 0.05) is 26.7 Å². The Balaban J connectivity index is 2.70. The Kier molecular flexibility index (Phi) is 4.89. The summed E-state index contributed by atoms with van der Waals surface area (Å²) in [6.07, 6.45) is 1.63. The highest BCUT2D eigenvalue weighted by molar-refractivity contribution is 5.90. The van der Waals surface area contributed by atoms with Crippen LogP contribution in [0.4, 0.5) is 5.82 Å². The van der Waals surface area contributed by atoms with Crippen LogP contribution in [0.1, 0.15) is 37.6 Å². The van der Waals surface area contributed by atoms with E-state index >= 15 is 0 Å². The summed E-state index contributed by atoms with van der Waals surface area (Å²) in [5.41, 5.74) is -0.395. The Morgan fingerprint density at radius 1 is 1.53 bits per heavy atom. The Hall–Kier alpha value is -1.62. The van der Waals surface area contributed by atoms with Crippen LogP contribution in [0, 0.1) is 0 Å². The molecule has 0 saturated carbocycles. The fourth-order valence-corrected chi connectivity index (χ4v) is 1.79. The summed E-state index contributed by atoms with van der Waals surface area (Å²) in [5.74, 6) is 0.298. The Labute approximate surface area is 114 Å². The SMILES string of the molecule is CC(CC(C)(C)O)OC(=O)c1ccnc(N(C)C)c1. The van der Waals surface area contributed by atoms with Gasteiger partial charge < -0.3 is 14.7 Å². The summed E-state index contributed by atoms with van der Waals surface area (Å²) in [4.78, 5) is 17.9. The van der Waals surface area contributed by atoms with Crippen molar-refractivity contribution in [1.82, 2.24) is 4.98 Å². The number of esters is 1. The number of aromatic nitrogens is 1. The zero-order valence-corrected chi connectivity index (χ0v) is 12.2. The third-order valence-corrected chi connectivity index (χ3v) is 2.53. The number of carbonyl (C=O) groups excluding carboxylic acids is 1. The largest absolute Gasteiger partial charge is 0.459 e. The maximum absolute atomic E-state index is 12.0. The molecule has 0 aromatic carbocycles. The molecule has 0 bridgehead atoms. The Bertz CT molecular complexity index is 439. The maximum atomic E-state index is 12.0. The van der Waals surface area contributed by atoms with Crippen molar-refractivity contribution >= 4 is 11.8 Å². The summed E-state index contributed by atoms with van der Waals surface area (Å²) >= 11 is 0. The lowest BCUT2D eigenvalue weighted by atomic mass is 10.0. The van der Waals surface area contributed by atoms with E-state index < -0.39 is 11.6 Å². The van der Waals surface area contributed by atoms with Crippen molar-refractivity contribution in [3.8, 4) is 0 Å². The molecule has 1 N–H and O–H groups in total. The van der Waals surface area contributed by atoms with E-state index in [0.717, 1.165) is 0 Å². The van der Waals surface area contributed by atoms with Gasteiger partial charge in [-0.3, -0.25) is 0 Å². The van der Waals surface area contributed by atoms with Gasteiger partial charge >= 0.3 is 5.97 Å². The van der Waals surface area contributed by atoms with E-state index in [9.17, 15) is 9.90 Å². The summed E-state index contributed by atoms with van der Waals surface area (Å²) in [5, 5.41) is 9.68. The Morgan fingerprint density at radius 2 is 2.16 bits per heavy atom. The fourth-order valence-electron chi connectivity index (χ4n) is 1.79. The monoisotopic (exact) mass is 266 g/mol. The zero-order valence-electron chi connectivity index (χ0n) is 12.2. The predicted octanol–water partition coefficient (Wildman–Crippen LogP) is 1.85. The van der Waals surface area contributed by atoms with Gasteiger partial charge in [0.2, 0.25) is 0 Å². The smallest absolute Gasteiger partial charge is 0.338 e. The fraction of sp³-hybridized carbons (Fsp3) is 0.571. The highest BCUT2D eigenvalue weighted by Crippen LogP contribution is 2.16. The van der Waals surface area contributed by atoms with Crippen LogP contribution < -0.4 is 4.90 Å². The van der Waals surface area contributed by atoms with Crippen LogP contribution >= 0.6 is 0 Å². The lowest BCUT2D eigenvalue weighted by Gasteiger charge is -2.22. The average Bonchev–Trinajstić information content (AvgIpc) is 2.26. The number of pyridine rings is 1. The molecule has 5 heteroatoms. The predicted molar refractivity (Wildman–Crippen MR) is 74.4 cm³/mol. The molecule has 19 heavy (non-hydrogen) atoms. The van der Waals surface area contributed by atoms with Crippen LogP contribution in [0.5, 0.6) is 0 Å². The number of hydrogen-bond donors (Lipinski definition) is 1. The second-order valence-corrected chi connectivity index (χ2v) is 5.53. The van der Waals surface area contributed by atoms with Gasteiger partial charge in [-0.25, -0.2) is 9.78 Å². The van der Waals surface area contributed by atoms with Gasteiger partial charge in [0.1, 0.15) is 11.9 Å². The van der Waals surface area contributed by atoms with E-state index in [0.29, 0.717) is 17.8 Å². The van der Waals surface area contributed by atoms with Crippen molar-refractivity contribution in [1.29, 1.82) is 0 Å². The summed E-state index contributed by atoms with van der Waals surface area (Å²) in [6.45, 7) is 5.14. The molecule has 1 aromatic heterocycles. The number of nitrogens with zero attached hydrogens (tertiary/aromatic N) is 2. The molecule has 0 amide bonds. The second kappa shape index (κ2) is 6.02. The van der Waals surface area contributed by atoms with E-state index in [1.807, 2.05) is 19.0 Å². The highest BCUT2D eigenvalue weighted by atomic mass is 16.5. The molecule has 0 aliphatic rings. The topological polar surface area (TPSA) is 62.7 Å². The van der Waals surface area contributed by atoms with Gasteiger partial charge in [-0.05, 0) is 32.9 Å². The van der Waals surface area contributed by atoms with Crippen molar-refractivity contribution in [2.24, 2.45) is 0 Å². The van der Waals surface area contributed by atoms with Crippen molar-refractivity contribution < 1.29 is 14.6 Å². The molecule has 0 radical (unpaired) electrons. The number of anilines is 1. The van der Waals surface area contributed by atoms with Gasteiger partial charge in [-0.1, -0.05) is 0 Å². The van der Waals surface area contributed by atoms with Crippen molar-refractivity contribution in [3.63, 3.8) is 0 Å². The highest BCUT2D eigenvalue weighted by Gasteiger charge is 2.21. The number of rotatable bonds is 5. The van der Waals surface area contributed by atoms with Crippen LogP contribution in [0.2, 0.25) is 0 Å². The van der Waals surface area contributed by atoms with Crippen LogP contribution in [0.25, 0.3) is 0 Å². The summed E-state index contributed by atoms with van der Waals surface area (Å²) < 4.78 is 5.30. The molecule has 1 atom stereocenters. The third-order valence-electron chi connectivity index (χ3n) is 2.53. The minimum absolute atomic E-state index is 0.344. The molecule has 0 fully saturated rings. The lowest BCUT2D eigenvalue weighted by molar-refractivity contribution is -0.00249. The van der Waals surface area contributed by atoms with Gasteiger partial charge in [-0.15, -0.1) is 0 Å². The van der Waals surface area contributed by atoms with Crippen molar-refractivity contribution in [2.45, 2.75) is 38.9 Å². The quantitative estimate of drug-likeness (QED) is 0.824. The van der Waals surface area contributed by atoms with E-state index in [4.69, 9.17) is 4.74 Å². The van der Waals surface area contributed by atoms with Gasteiger partial charge in [0.05, 0.1) is 11.2 Å². The van der Waals surface area contributed by atoms with Crippen LogP contribution in [0.3, 0.4) is 0 Å². The average molecular weight is 266 g/mol. The standard InChI is InChI=1S/C14H22N2O3/c1-10(9-14(2,3)18)19-13(17)11-6-7-15-12(8-11)16(4)5/h6-8,10,18H,9H2,1-5H3. The molecule has 106 valence electrons. The molecular formula is C14H22N2O3. The van der Waals surface area contributed by atoms with Crippen molar-refractivity contribution in [2.75, 3.05) is 19.0 Å². The Morgan fingerprint density at radius 3 is 2.68 bits per heavy atom. The van der Waals surface area contributed by atoms with Crippen molar-refractivity contribution in [3.05, 3.63) is 23.9 Å². The molecular weight excluding hydrogens is 244 g/mol. The minimum atomic E-state index is -0.854. The van der Waals surface area contributed by atoms with E-state index in [2.05, 4.69) is 4.98 Å². The normalized spacial score (nSPS) is 12.9. The van der Waals surface area contributed by atoms with E-state index in [1.54, 1.807) is 39.1 Å². The molecule has 5 nitrogen and oxygen atoms in total. The minimum Gasteiger partial charge on any atom is -0.459 e. The van der Waals surface area contributed by atoms with Gasteiger partial charge in [0.25, 0.3) is 0 Å². The lowest BCUT2D eigenvalue weighted by Crippen LogP contribution is -2.28. The summed E-state index contributed by atoms with van der Waals surface area (Å²) in [7, 11) is 3.71. The molecule has 1 rings (SSSR count). The first-order valence-electron chi connectivity index (χ1n) is 6.26. The first-order valence-corrected chi connectivity index (χ1v) is 6.26. The second-order valence-electron chi connectivity index (χ2n) is 5.53. The van der Waals surface area contributed by atoms with Crippen LogP contribution in [0.15, 0.2) is 18.3 Å². The van der Waals surface area contributed by atoms with E-state index in [1.165, 1.54) is 0 Å². The molecule has 1 unspecified atom stereocenters.